The zero-order valence-corrected chi connectivity index (χ0v) is 13.1. The van der Waals surface area contributed by atoms with Gasteiger partial charge < -0.3 is 15.0 Å². The molecule has 0 radical (unpaired) electrons. The minimum Gasteiger partial charge on any atom is -0.380 e. The molecule has 0 bridgehead atoms. The molecule has 0 spiro atoms. The minimum absolute atomic E-state index is 0.625. The second kappa shape index (κ2) is 7.81. The fourth-order valence-electron chi connectivity index (χ4n) is 2.23. The molecule has 0 aliphatic carbocycles. The van der Waals surface area contributed by atoms with Crippen molar-refractivity contribution < 1.29 is 4.74 Å². The monoisotopic (exact) mass is 297 g/mol. The summed E-state index contributed by atoms with van der Waals surface area (Å²) in [5, 5.41) is 4.13. The summed E-state index contributed by atoms with van der Waals surface area (Å²) >= 11 is 6.24. The van der Waals surface area contributed by atoms with Crippen molar-refractivity contribution in [3.63, 3.8) is 0 Å². The SMILES string of the molecule is CC(C)CNCc1nc(N2CCCOCC2)ccc1Cl. The Morgan fingerprint density at radius 1 is 1.35 bits per heavy atom. The number of anilines is 1. The van der Waals surface area contributed by atoms with Crippen LogP contribution in [0.5, 0.6) is 0 Å². The lowest BCUT2D eigenvalue weighted by Crippen LogP contribution is -2.27. The number of halogens is 1. The van der Waals surface area contributed by atoms with Crippen molar-refractivity contribution in [2.24, 2.45) is 5.92 Å². The van der Waals surface area contributed by atoms with E-state index in [4.69, 9.17) is 21.3 Å². The maximum absolute atomic E-state index is 6.24. The van der Waals surface area contributed by atoms with Crippen molar-refractivity contribution in [1.82, 2.24) is 10.3 Å². The number of rotatable bonds is 5. The molecule has 5 heteroatoms. The standard InChI is InChI=1S/C15H24ClN3O/c1-12(2)10-17-11-14-13(16)4-5-15(18-14)19-6-3-8-20-9-7-19/h4-5,12,17H,3,6-11H2,1-2H3. The average Bonchev–Trinajstić information content (AvgIpc) is 2.69. The maximum Gasteiger partial charge on any atom is 0.129 e. The molecule has 1 aliphatic rings. The lowest BCUT2D eigenvalue weighted by Gasteiger charge is -2.21. The molecule has 1 saturated heterocycles. The predicted octanol–water partition coefficient (Wildman–Crippen LogP) is 2.71. The highest BCUT2D eigenvalue weighted by atomic mass is 35.5. The van der Waals surface area contributed by atoms with Gasteiger partial charge in [0.1, 0.15) is 5.82 Å². The molecule has 1 aliphatic heterocycles. The van der Waals surface area contributed by atoms with Crippen LogP contribution in [0.3, 0.4) is 0 Å². The fraction of sp³-hybridized carbons (Fsp3) is 0.667. The van der Waals surface area contributed by atoms with Gasteiger partial charge in [0.2, 0.25) is 0 Å². The highest BCUT2D eigenvalue weighted by Crippen LogP contribution is 2.20. The summed E-state index contributed by atoms with van der Waals surface area (Å²) in [5.41, 5.74) is 0.926. The van der Waals surface area contributed by atoms with Crippen LogP contribution in [0.2, 0.25) is 5.02 Å². The Morgan fingerprint density at radius 2 is 2.20 bits per heavy atom. The number of hydrogen-bond donors (Lipinski definition) is 1. The second-order valence-corrected chi connectivity index (χ2v) is 5.98. The van der Waals surface area contributed by atoms with Crippen molar-refractivity contribution in [3.05, 3.63) is 22.8 Å². The van der Waals surface area contributed by atoms with Crippen LogP contribution in [-0.2, 0) is 11.3 Å². The Hall–Kier alpha value is -0.840. The lowest BCUT2D eigenvalue weighted by molar-refractivity contribution is 0.152. The zero-order chi connectivity index (χ0) is 14.4. The van der Waals surface area contributed by atoms with Gasteiger partial charge in [-0.1, -0.05) is 25.4 Å². The summed E-state index contributed by atoms with van der Waals surface area (Å²) in [5.74, 6) is 1.63. The van der Waals surface area contributed by atoms with E-state index in [9.17, 15) is 0 Å². The van der Waals surface area contributed by atoms with Gasteiger partial charge in [0, 0.05) is 26.2 Å². The zero-order valence-electron chi connectivity index (χ0n) is 12.4. The Labute approximate surface area is 126 Å². The molecule has 0 amide bonds. The molecule has 0 atom stereocenters. The van der Waals surface area contributed by atoms with Crippen LogP contribution in [0.25, 0.3) is 0 Å². The van der Waals surface area contributed by atoms with E-state index in [1.54, 1.807) is 0 Å². The van der Waals surface area contributed by atoms with Gasteiger partial charge in [-0.2, -0.15) is 0 Å². The van der Waals surface area contributed by atoms with Gasteiger partial charge in [-0.3, -0.25) is 0 Å². The number of pyridine rings is 1. The quantitative estimate of drug-likeness (QED) is 0.907. The first-order valence-corrected chi connectivity index (χ1v) is 7.73. The van der Waals surface area contributed by atoms with Crippen LogP contribution in [0.15, 0.2) is 12.1 Å². The highest BCUT2D eigenvalue weighted by Gasteiger charge is 2.13. The molecule has 112 valence electrons. The van der Waals surface area contributed by atoms with Crippen molar-refractivity contribution >= 4 is 17.4 Å². The lowest BCUT2D eigenvalue weighted by atomic mass is 10.2. The third kappa shape index (κ3) is 4.62. The topological polar surface area (TPSA) is 37.4 Å². The van der Waals surface area contributed by atoms with Crippen LogP contribution in [0, 0.1) is 5.92 Å². The van der Waals surface area contributed by atoms with Gasteiger partial charge in [0.05, 0.1) is 17.3 Å². The molecule has 1 fully saturated rings. The predicted molar refractivity (Wildman–Crippen MR) is 83.4 cm³/mol. The van der Waals surface area contributed by atoms with Crippen molar-refractivity contribution in [3.8, 4) is 0 Å². The van der Waals surface area contributed by atoms with E-state index < -0.39 is 0 Å². The van der Waals surface area contributed by atoms with E-state index in [1.807, 2.05) is 12.1 Å². The first kappa shape index (κ1) is 15.5. The Bertz CT molecular complexity index is 418. The summed E-state index contributed by atoms with van der Waals surface area (Å²) in [6.07, 6.45) is 1.05. The van der Waals surface area contributed by atoms with E-state index in [-0.39, 0.29) is 0 Å². The number of ether oxygens (including phenoxy) is 1. The summed E-state index contributed by atoms with van der Waals surface area (Å²) < 4.78 is 5.48. The van der Waals surface area contributed by atoms with Gasteiger partial charge in [0.25, 0.3) is 0 Å². The molecule has 4 nitrogen and oxygen atoms in total. The molecule has 1 aromatic rings. The molecule has 2 rings (SSSR count). The first-order chi connectivity index (χ1) is 9.66. The van der Waals surface area contributed by atoms with Gasteiger partial charge in [-0.15, -0.1) is 0 Å². The van der Waals surface area contributed by atoms with Crippen molar-refractivity contribution in [1.29, 1.82) is 0 Å². The summed E-state index contributed by atoms with van der Waals surface area (Å²) in [4.78, 5) is 6.98. The maximum atomic E-state index is 6.24. The normalized spacial score (nSPS) is 16.5. The highest BCUT2D eigenvalue weighted by molar-refractivity contribution is 6.31. The van der Waals surface area contributed by atoms with Crippen molar-refractivity contribution in [2.45, 2.75) is 26.8 Å². The number of nitrogens with one attached hydrogen (secondary N) is 1. The van der Waals surface area contributed by atoms with Crippen LogP contribution < -0.4 is 10.2 Å². The number of nitrogens with zero attached hydrogens (tertiary/aromatic N) is 2. The minimum atomic E-state index is 0.625. The van der Waals surface area contributed by atoms with Gasteiger partial charge in [-0.05, 0) is 31.0 Å². The summed E-state index contributed by atoms with van der Waals surface area (Å²) in [6, 6.07) is 3.95. The average molecular weight is 298 g/mol. The van der Waals surface area contributed by atoms with Crippen LogP contribution >= 0.6 is 11.6 Å². The van der Waals surface area contributed by atoms with Crippen LogP contribution in [0.4, 0.5) is 5.82 Å². The fourth-order valence-corrected chi connectivity index (χ4v) is 2.40. The van der Waals surface area contributed by atoms with E-state index >= 15 is 0 Å². The van der Waals surface area contributed by atoms with E-state index in [2.05, 4.69) is 24.1 Å². The molecule has 20 heavy (non-hydrogen) atoms. The smallest absolute Gasteiger partial charge is 0.129 e. The summed E-state index contributed by atoms with van der Waals surface area (Å²) in [7, 11) is 0. The third-order valence-corrected chi connectivity index (χ3v) is 3.64. The van der Waals surface area contributed by atoms with Crippen LogP contribution in [0.1, 0.15) is 26.0 Å². The number of aromatic nitrogens is 1. The largest absolute Gasteiger partial charge is 0.380 e. The van der Waals surface area contributed by atoms with Gasteiger partial charge >= 0.3 is 0 Å². The van der Waals surface area contributed by atoms with E-state index in [0.29, 0.717) is 5.92 Å². The third-order valence-electron chi connectivity index (χ3n) is 3.30. The Morgan fingerprint density at radius 3 is 3.00 bits per heavy atom. The molecule has 0 saturated carbocycles. The number of hydrogen-bond acceptors (Lipinski definition) is 4. The molecule has 1 N–H and O–H groups in total. The van der Waals surface area contributed by atoms with Crippen molar-refractivity contribution in [2.75, 3.05) is 37.7 Å². The molecular weight excluding hydrogens is 274 g/mol. The Balaban J connectivity index is 2.02. The Kier molecular flexibility index (Phi) is 6.07. The summed E-state index contributed by atoms with van der Waals surface area (Å²) in [6.45, 7) is 9.57. The van der Waals surface area contributed by atoms with E-state index in [0.717, 1.165) is 62.3 Å². The molecule has 1 aromatic heterocycles. The van der Waals surface area contributed by atoms with Gasteiger partial charge in [-0.25, -0.2) is 4.98 Å². The first-order valence-electron chi connectivity index (χ1n) is 7.35. The van der Waals surface area contributed by atoms with Crippen LogP contribution in [-0.4, -0.2) is 37.8 Å². The molecule has 0 aromatic carbocycles. The molecular formula is C15H24ClN3O. The molecule has 2 heterocycles. The second-order valence-electron chi connectivity index (χ2n) is 5.58. The molecule has 0 unspecified atom stereocenters. The van der Waals surface area contributed by atoms with E-state index in [1.165, 1.54) is 0 Å². The van der Waals surface area contributed by atoms with Gasteiger partial charge in [0.15, 0.2) is 0 Å².